The van der Waals surface area contributed by atoms with Gasteiger partial charge in [0.05, 0.1) is 17.4 Å². The van der Waals surface area contributed by atoms with E-state index in [1.165, 1.54) is 12.1 Å². The van der Waals surface area contributed by atoms with Gasteiger partial charge < -0.3 is 14.7 Å². The maximum atomic E-state index is 12.2. The molecule has 1 aromatic heterocycles. The molecule has 2 heterocycles. The third-order valence-corrected chi connectivity index (χ3v) is 3.30. The number of carboxylic acid groups (broad SMARTS) is 1. The predicted octanol–water partition coefficient (Wildman–Crippen LogP) is 0.949. The van der Waals surface area contributed by atoms with Gasteiger partial charge in [0.2, 0.25) is 0 Å². The van der Waals surface area contributed by atoms with Gasteiger partial charge >= 0.3 is 5.97 Å². The molecule has 1 saturated heterocycles. The van der Waals surface area contributed by atoms with Crippen LogP contribution in [0.2, 0.25) is 0 Å². The summed E-state index contributed by atoms with van der Waals surface area (Å²) in [4.78, 5) is 28.8. The number of amides is 1. The Balaban J connectivity index is 2.16. The van der Waals surface area contributed by atoms with Crippen LogP contribution in [-0.4, -0.2) is 53.2 Å². The van der Waals surface area contributed by atoms with Crippen LogP contribution >= 0.6 is 0 Å². The summed E-state index contributed by atoms with van der Waals surface area (Å²) < 4.78 is 5.21. The highest BCUT2D eigenvalue weighted by Crippen LogP contribution is 2.15. The third-order valence-electron chi connectivity index (χ3n) is 3.30. The summed E-state index contributed by atoms with van der Waals surface area (Å²) in [6.45, 7) is 2.78. The smallest absolute Gasteiger partial charge is 0.337 e. The van der Waals surface area contributed by atoms with Gasteiger partial charge in [-0.1, -0.05) is 0 Å². The molecule has 6 heteroatoms. The van der Waals surface area contributed by atoms with Crippen molar-refractivity contribution in [2.75, 3.05) is 20.2 Å². The first-order valence-electron chi connectivity index (χ1n) is 6.06. The van der Waals surface area contributed by atoms with E-state index < -0.39 is 5.97 Å². The molecule has 0 spiro atoms. The molecule has 1 N–H and O–H groups in total. The molecule has 19 heavy (non-hydrogen) atoms. The number of likely N-dealkylation sites (tertiary alicyclic amines) is 1. The van der Waals surface area contributed by atoms with Crippen molar-refractivity contribution in [3.63, 3.8) is 0 Å². The minimum atomic E-state index is -1.04. The Morgan fingerprint density at radius 2 is 2.21 bits per heavy atom. The first kappa shape index (κ1) is 13.5. The molecule has 1 unspecified atom stereocenters. The SMILES string of the molecule is COC1CCN(C(=O)c2ccc(C(=O)O)c(C)n2)C1. The molecule has 2 rings (SSSR count). The third kappa shape index (κ3) is 2.73. The lowest BCUT2D eigenvalue weighted by Gasteiger charge is -2.16. The number of hydrogen-bond donors (Lipinski definition) is 1. The van der Waals surface area contributed by atoms with Crippen LogP contribution < -0.4 is 0 Å². The van der Waals surface area contributed by atoms with Gasteiger partial charge in [-0.2, -0.15) is 0 Å². The Labute approximate surface area is 111 Å². The maximum absolute atomic E-state index is 12.2. The zero-order valence-corrected chi connectivity index (χ0v) is 10.9. The summed E-state index contributed by atoms with van der Waals surface area (Å²) >= 11 is 0. The zero-order valence-electron chi connectivity index (χ0n) is 10.9. The van der Waals surface area contributed by atoms with Gasteiger partial charge in [-0.05, 0) is 25.5 Å². The standard InChI is InChI=1S/C13H16N2O4/c1-8-10(13(17)18)3-4-11(14-8)12(16)15-6-5-9(7-15)19-2/h3-4,9H,5-7H2,1-2H3,(H,17,18). The number of ether oxygens (including phenoxy) is 1. The highest BCUT2D eigenvalue weighted by atomic mass is 16.5. The van der Waals surface area contributed by atoms with Crippen molar-refractivity contribution in [1.29, 1.82) is 0 Å². The van der Waals surface area contributed by atoms with Gasteiger partial charge in [0.15, 0.2) is 0 Å². The van der Waals surface area contributed by atoms with Gasteiger partial charge in [0.1, 0.15) is 5.69 Å². The summed E-state index contributed by atoms with van der Waals surface area (Å²) in [6.07, 6.45) is 0.886. The van der Waals surface area contributed by atoms with Crippen LogP contribution in [0.5, 0.6) is 0 Å². The predicted molar refractivity (Wildman–Crippen MR) is 67.3 cm³/mol. The lowest BCUT2D eigenvalue weighted by atomic mass is 10.2. The number of carbonyl (C=O) groups excluding carboxylic acids is 1. The summed E-state index contributed by atoms with van der Waals surface area (Å²) in [6, 6.07) is 2.88. The second-order valence-corrected chi connectivity index (χ2v) is 4.53. The Bertz CT molecular complexity index is 515. The van der Waals surface area contributed by atoms with E-state index in [2.05, 4.69) is 4.98 Å². The fourth-order valence-corrected chi connectivity index (χ4v) is 2.17. The molecule has 0 radical (unpaired) electrons. The quantitative estimate of drug-likeness (QED) is 0.879. The highest BCUT2D eigenvalue weighted by molar-refractivity contribution is 5.94. The van der Waals surface area contributed by atoms with Crippen molar-refractivity contribution < 1.29 is 19.4 Å². The van der Waals surface area contributed by atoms with Crippen LogP contribution in [0, 0.1) is 6.92 Å². The monoisotopic (exact) mass is 264 g/mol. The molecular formula is C13H16N2O4. The average Bonchev–Trinajstić information content (AvgIpc) is 2.86. The van der Waals surface area contributed by atoms with Crippen LogP contribution in [0.1, 0.15) is 33.0 Å². The van der Waals surface area contributed by atoms with Gasteiger partial charge in [-0.25, -0.2) is 9.78 Å². The molecule has 1 aliphatic rings. The first-order chi connectivity index (χ1) is 9.02. The lowest BCUT2D eigenvalue weighted by molar-refractivity contribution is 0.0689. The molecule has 0 bridgehead atoms. The normalized spacial score (nSPS) is 18.6. The minimum absolute atomic E-state index is 0.0725. The summed E-state index contributed by atoms with van der Waals surface area (Å²) in [5.74, 6) is -1.22. The molecule has 6 nitrogen and oxygen atoms in total. The molecule has 1 amide bonds. The van der Waals surface area contributed by atoms with E-state index in [9.17, 15) is 9.59 Å². The second kappa shape index (κ2) is 5.36. The number of rotatable bonds is 3. The Morgan fingerprint density at radius 3 is 2.74 bits per heavy atom. The van der Waals surface area contributed by atoms with Gasteiger partial charge in [0, 0.05) is 20.2 Å². The van der Waals surface area contributed by atoms with Crippen molar-refractivity contribution in [3.05, 3.63) is 29.1 Å². The molecule has 102 valence electrons. The van der Waals surface area contributed by atoms with E-state index in [1.54, 1.807) is 18.9 Å². The van der Waals surface area contributed by atoms with Crippen LogP contribution in [0.3, 0.4) is 0 Å². The van der Waals surface area contributed by atoms with E-state index in [4.69, 9.17) is 9.84 Å². The fraction of sp³-hybridized carbons (Fsp3) is 0.462. The number of carboxylic acids is 1. The van der Waals surface area contributed by atoms with Crippen molar-refractivity contribution in [3.8, 4) is 0 Å². The number of hydrogen-bond acceptors (Lipinski definition) is 4. The van der Waals surface area contributed by atoms with Gasteiger partial charge in [-0.3, -0.25) is 4.79 Å². The second-order valence-electron chi connectivity index (χ2n) is 4.53. The number of carbonyl (C=O) groups is 2. The zero-order chi connectivity index (χ0) is 14.0. The molecule has 1 aliphatic heterocycles. The molecule has 0 saturated carbocycles. The largest absolute Gasteiger partial charge is 0.478 e. The van der Waals surface area contributed by atoms with Crippen molar-refractivity contribution in [1.82, 2.24) is 9.88 Å². The number of aryl methyl sites for hydroxylation is 1. The van der Waals surface area contributed by atoms with Crippen molar-refractivity contribution >= 4 is 11.9 Å². The van der Waals surface area contributed by atoms with Crippen LogP contribution in [0.15, 0.2) is 12.1 Å². The van der Waals surface area contributed by atoms with E-state index in [-0.39, 0.29) is 23.3 Å². The van der Waals surface area contributed by atoms with E-state index in [0.717, 1.165) is 6.42 Å². The highest BCUT2D eigenvalue weighted by Gasteiger charge is 2.27. The fourth-order valence-electron chi connectivity index (χ4n) is 2.17. The minimum Gasteiger partial charge on any atom is -0.478 e. The Morgan fingerprint density at radius 1 is 1.47 bits per heavy atom. The van der Waals surface area contributed by atoms with Crippen molar-refractivity contribution in [2.24, 2.45) is 0 Å². The van der Waals surface area contributed by atoms with E-state index in [1.807, 2.05) is 0 Å². The summed E-state index contributed by atoms with van der Waals surface area (Å²) in [5, 5.41) is 8.92. The summed E-state index contributed by atoms with van der Waals surface area (Å²) in [5.41, 5.74) is 0.743. The average molecular weight is 264 g/mol. The number of aromatic carboxylic acids is 1. The molecule has 0 aromatic carbocycles. The maximum Gasteiger partial charge on any atom is 0.337 e. The number of methoxy groups -OCH3 is 1. The molecule has 1 fully saturated rings. The number of nitrogens with zero attached hydrogens (tertiary/aromatic N) is 2. The number of pyridine rings is 1. The van der Waals surface area contributed by atoms with Crippen molar-refractivity contribution in [2.45, 2.75) is 19.4 Å². The van der Waals surface area contributed by atoms with E-state index in [0.29, 0.717) is 18.8 Å². The molecule has 1 atom stereocenters. The summed E-state index contributed by atoms with van der Waals surface area (Å²) in [7, 11) is 1.63. The molecular weight excluding hydrogens is 248 g/mol. The Hall–Kier alpha value is -1.95. The van der Waals surface area contributed by atoms with Crippen LogP contribution in [-0.2, 0) is 4.74 Å². The van der Waals surface area contributed by atoms with E-state index >= 15 is 0 Å². The van der Waals surface area contributed by atoms with Gasteiger partial charge in [-0.15, -0.1) is 0 Å². The van der Waals surface area contributed by atoms with Crippen LogP contribution in [0.25, 0.3) is 0 Å². The van der Waals surface area contributed by atoms with Crippen LogP contribution in [0.4, 0.5) is 0 Å². The lowest BCUT2D eigenvalue weighted by Crippen LogP contribution is -2.30. The Kier molecular flexibility index (Phi) is 3.80. The molecule has 1 aromatic rings. The topological polar surface area (TPSA) is 79.7 Å². The number of aromatic nitrogens is 1. The first-order valence-corrected chi connectivity index (χ1v) is 6.06. The van der Waals surface area contributed by atoms with Gasteiger partial charge in [0.25, 0.3) is 5.91 Å². The molecule has 0 aliphatic carbocycles.